The Kier molecular flexibility index (Phi) is 16.3. The van der Waals surface area contributed by atoms with E-state index >= 15 is 0 Å². The molecule has 1 aromatic rings. The molecule has 14 nitrogen and oxygen atoms in total. The number of carbonyl (C=O) groups is 5. The first-order chi connectivity index (χ1) is 17.9. The maximum absolute atomic E-state index is 12.8. The van der Waals surface area contributed by atoms with Crippen LogP contribution in [0, 0.1) is 11.8 Å². The van der Waals surface area contributed by atoms with Crippen molar-refractivity contribution in [1.29, 1.82) is 0 Å². The average molecular weight is 532 g/mol. The quantitative estimate of drug-likeness (QED) is 0.163. The third kappa shape index (κ3) is 15.4. The Morgan fingerprint density at radius 3 is 2.00 bits per heavy atom. The summed E-state index contributed by atoms with van der Waals surface area (Å²) < 4.78 is 5.18. The van der Waals surface area contributed by atoms with E-state index in [9.17, 15) is 24.0 Å². The summed E-state index contributed by atoms with van der Waals surface area (Å²) in [5.41, 5.74) is 16.1. The van der Waals surface area contributed by atoms with Gasteiger partial charge in [0.2, 0.25) is 11.8 Å². The number of amides is 3. The highest BCUT2D eigenvalue weighted by atomic mass is 16.5. The predicted octanol–water partition coefficient (Wildman–Crippen LogP) is 0.826. The molecule has 2 atom stereocenters. The highest BCUT2D eigenvalue weighted by molar-refractivity contribution is 6.50. The maximum Gasteiger partial charge on any atom is 0.408 e. The van der Waals surface area contributed by atoms with Gasteiger partial charge in [-0.3, -0.25) is 19.2 Å². The molecule has 14 heteroatoms. The topological polar surface area (TPSA) is 224 Å². The van der Waals surface area contributed by atoms with Crippen molar-refractivity contribution in [2.24, 2.45) is 11.8 Å². The van der Waals surface area contributed by atoms with Crippen LogP contribution in [0.2, 0.25) is 0 Å². The summed E-state index contributed by atoms with van der Waals surface area (Å²) in [5, 5.41) is 16.1. The van der Waals surface area contributed by atoms with Crippen molar-refractivity contribution in [2.45, 2.75) is 52.8 Å². The second kappa shape index (κ2) is 18.6. The lowest BCUT2D eigenvalue weighted by molar-refractivity contribution is -0.138. The maximum atomic E-state index is 12.8. The third-order valence-corrected chi connectivity index (χ3v) is 4.56. The number of Topliss-reactive ketones (excluding diaryl/α,β-unsaturated/α-hetero) is 1. The SMILES string of the molecule is CC(C)CC(NC(=O)OCc1ccccc1)C(=O)NC(C(=O)NCC(=O)O)C(C)C.[N-]=[N+]=CC(=O)C=[N+]=[N-]. The van der Waals surface area contributed by atoms with Crippen molar-refractivity contribution >= 4 is 42.1 Å². The standard InChI is InChI=1S/C21H31N3O6.C3H2N4O/c1-13(2)10-16(23-21(29)30-12-15-8-6-5-7-9-15)19(27)24-18(14(3)4)20(28)22-11-17(25)26;4-6-1-3(8)2-7-5/h5-9,13-14,16,18H,10-12H2,1-4H3,(H,22,28)(H,23,29)(H,24,27)(H,25,26);1-2H. The van der Waals surface area contributed by atoms with Crippen LogP contribution in [0.5, 0.6) is 0 Å². The lowest BCUT2D eigenvalue weighted by Crippen LogP contribution is -2.56. The Balaban J connectivity index is 0.00000147. The Labute approximate surface area is 220 Å². The number of benzene rings is 1. The second-order valence-electron chi connectivity index (χ2n) is 8.62. The number of carboxylic acids is 1. The molecule has 0 saturated heterocycles. The number of alkyl carbamates (subject to hydrolysis) is 1. The molecular weight excluding hydrogens is 498 g/mol. The number of hydrogen-bond acceptors (Lipinski definition) is 6. The predicted molar refractivity (Wildman–Crippen MR) is 135 cm³/mol. The smallest absolute Gasteiger partial charge is 0.408 e. The van der Waals surface area contributed by atoms with Crippen LogP contribution in [-0.2, 0) is 30.5 Å². The lowest BCUT2D eigenvalue weighted by Gasteiger charge is -2.25. The number of carbonyl (C=O) groups excluding carboxylic acids is 4. The number of nitrogens with zero attached hydrogens (tertiary/aromatic N) is 4. The summed E-state index contributed by atoms with van der Waals surface area (Å²) >= 11 is 0. The van der Waals surface area contributed by atoms with E-state index in [1.807, 2.05) is 44.2 Å². The molecule has 3 amide bonds. The molecule has 0 spiro atoms. The van der Waals surface area contributed by atoms with Gasteiger partial charge in [0, 0.05) is 0 Å². The zero-order valence-corrected chi connectivity index (χ0v) is 21.7. The average Bonchev–Trinajstić information content (AvgIpc) is 2.85. The summed E-state index contributed by atoms with van der Waals surface area (Å²) in [5.74, 6) is -3.19. The highest BCUT2D eigenvalue weighted by Gasteiger charge is 2.29. The first-order valence-corrected chi connectivity index (χ1v) is 11.6. The van der Waals surface area contributed by atoms with E-state index in [0.29, 0.717) is 18.9 Å². The molecular formula is C24H33N7O7. The van der Waals surface area contributed by atoms with Crippen LogP contribution in [0.1, 0.15) is 39.7 Å². The molecule has 0 aliphatic carbocycles. The van der Waals surface area contributed by atoms with E-state index in [0.717, 1.165) is 5.56 Å². The molecule has 1 rings (SSSR count). The first-order valence-electron chi connectivity index (χ1n) is 11.6. The van der Waals surface area contributed by atoms with E-state index in [2.05, 4.69) is 25.5 Å². The Bertz CT molecular complexity index is 1030. The van der Waals surface area contributed by atoms with E-state index in [4.69, 9.17) is 20.9 Å². The molecule has 2 unspecified atom stereocenters. The third-order valence-electron chi connectivity index (χ3n) is 4.56. The fourth-order valence-corrected chi connectivity index (χ4v) is 2.82. The van der Waals surface area contributed by atoms with Crippen LogP contribution in [0.3, 0.4) is 0 Å². The number of ketones is 1. The number of nitrogens with one attached hydrogen (secondary N) is 3. The minimum Gasteiger partial charge on any atom is -0.480 e. The minimum absolute atomic E-state index is 0.0644. The Hall–Kier alpha value is -4.67. The van der Waals surface area contributed by atoms with Crippen LogP contribution in [0.4, 0.5) is 4.79 Å². The number of ether oxygens (including phenoxy) is 1. The summed E-state index contributed by atoms with van der Waals surface area (Å²) in [6, 6.07) is 7.29. The van der Waals surface area contributed by atoms with E-state index in [1.165, 1.54) is 0 Å². The van der Waals surface area contributed by atoms with Gasteiger partial charge in [-0.2, -0.15) is 9.58 Å². The second-order valence-corrected chi connectivity index (χ2v) is 8.62. The van der Waals surface area contributed by atoms with Gasteiger partial charge >= 0.3 is 30.3 Å². The van der Waals surface area contributed by atoms with Gasteiger partial charge in [-0.25, -0.2) is 4.79 Å². The number of rotatable bonds is 13. The number of aliphatic carboxylic acids is 1. The molecule has 0 aliphatic rings. The van der Waals surface area contributed by atoms with Gasteiger partial charge in [0.05, 0.1) is 0 Å². The van der Waals surface area contributed by atoms with Crippen LogP contribution in [0.25, 0.3) is 11.1 Å². The molecule has 38 heavy (non-hydrogen) atoms. The van der Waals surface area contributed by atoms with Crippen molar-refractivity contribution in [3.8, 4) is 0 Å². The van der Waals surface area contributed by atoms with Crippen molar-refractivity contribution in [2.75, 3.05) is 6.54 Å². The number of carboxylic acid groups (broad SMARTS) is 1. The molecule has 0 saturated carbocycles. The van der Waals surface area contributed by atoms with Crippen LogP contribution in [0.15, 0.2) is 30.3 Å². The lowest BCUT2D eigenvalue weighted by atomic mass is 10.00. The molecule has 0 fully saturated rings. The Morgan fingerprint density at radius 2 is 1.53 bits per heavy atom. The van der Waals surface area contributed by atoms with Gasteiger partial charge in [0.15, 0.2) is 0 Å². The van der Waals surface area contributed by atoms with Gasteiger partial charge in [-0.15, -0.1) is 0 Å². The summed E-state index contributed by atoms with van der Waals surface area (Å²) in [6.07, 6.45) is 0.823. The minimum atomic E-state index is -1.18. The number of hydrogen-bond donors (Lipinski definition) is 4. The summed E-state index contributed by atoms with van der Waals surface area (Å²) in [4.78, 5) is 62.7. The van der Waals surface area contributed by atoms with Gasteiger partial charge in [0.25, 0.3) is 0 Å². The molecule has 206 valence electrons. The van der Waals surface area contributed by atoms with Gasteiger partial charge < -0.3 is 36.9 Å². The van der Waals surface area contributed by atoms with Crippen molar-refractivity contribution in [1.82, 2.24) is 16.0 Å². The Morgan fingerprint density at radius 1 is 0.947 bits per heavy atom. The first kappa shape index (κ1) is 33.3. The van der Waals surface area contributed by atoms with Crippen LogP contribution >= 0.6 is 0 Å². The molecule has 0 aromatic heterocycles. The summed E-state index contributed by atoms with van der Waals surface area (Å²) in [7, 11) is 0. The van der Waals surface area contributed by atoms with Crippen molar-refractivity contribution in [3.05, 3.63) is 47.0 Å². The molecule has 0 bridgehead atoms. The highest BCUT2D eigenvalue weighted by Crippen LogP contribution is 2.09. The normalized spacial score (nSPS) is 11.3. The largest absolute Gasteiger partial charge is 0.480 e. The van der Waals surface area contributed by atoms with E-state index in [1.54, 1.807) is 13.8 Å². The van der Waals surface area contributed by atoms with Gasteiger partial charge in [-0.05, 0) is 23.8 Å². The summed E-state index contributed by atoms with van der Waals surface area (Å²) in [6.45, 7) is 6.77. The monoisotopic (exact) mass is 531 g/mol. The van der Waals surface area contributed by atoms with E-state index in [-0.39, 0.29) is 18.4 Å². The van der Waals surface area contributed by atoms with Crippen molar-refractivity contribution < 1.29 is 43.4 Å². The fraction of sp³-hybridized carbons (Fsp3) is 0.458. The zero-order chi connectivity index (χ0) is 29.1. The zero-order valence-electron chi connectivity index (χ0n) is 21.7. The van der Waals surface area contributed by atoms with Gasteiger partial charge in [0.1, 0.15) is 25.2 Å². The van der Waals surface area contributed by atoms with Crippen LogP contribution in [-0.4, -0.2) is 75.4 Å². The van der Waals surface area contributed by atoms with E-state index < -0.39 is 48.3 Å². The fourth-order valence-electron chi connectivity index (χ4n) is 2.82. The molecule has 1 aromatic carbocycles. The van der Waals surface area contributed by atoms with Crippen LogP contribution < -0.4 is 16.0 Å². The van der Waals surface area contributed by atoms with Gasteiger partial charge in [-0.1, -0.05) is 58.0 Å². The molecule has 0 radical (unpaired) electrons. The molecule has 0 aliphatic heterocycles. The molecule has 4 N–H and O–H groups in total. The van der Waals surface area contributed by atoms with Crippen molar-refractivity contribution in [3.63, 3.8) is 0 Å². The molecule has 0 heterocycles.